The zero-order valence-corrected chi connectivity index (χ0v) is 22.9. The van der Waals surface area contributed by atoms with Crippen LogP contribution in [0, 0.1) is 35.3 Å². The number of amides is 2. The van der Waals surface area contributed by atoms with Crippen molar-refractivity contribution < 1.29 is 50.9 Å². The van der Waals surface area contributed by atoms with E-state index in [1.165, 1.54) is 13.2 Å². The van der Waals surface area contributed by atoms with Gasteiger partial charge < -0.3 is 25.2 Å². The molecule has 2 aromatic rings. The van der Waals surface area contributed by atoms with Gasteiger partial charge in [0.25, 0.3) is 5.91 Å². The van der Waals surface area contributed by atoms with Gasteiger partial charge in [0.05, 0.1) is 36.2 Å². The van der Waals surface area contributed by atoms with Crippen LogP contribution < -0.4 is 20.1 Å². The summed E-state index contributed by atoms with van der Waals surface area (Å²) in [5, 5.41) is 14.4. The van der Waals surface area contributed by atoms with Crippen LogP contribution in [0.3, 0.4) is 0 Å². The van der Waals surface area contributed by atoms with E-state index in [-0.39, 0.29) is 34.6 Å². The molecule has 2 fully saturated rings. The van der Waals surface area contributed by atoms with Crippen molar-refractivity contribution in [3.8, 4) is 11.5 Å². The number of alkyl halides is 3. The number of carboxylic acid groups (broad SMARTS) is 1. The Labute approximate surface area is 243 Å². The second kappa shape index (κ2) is 11.8. The van der Waals surface area contributed by atoms with E-state index in [0.717, 1.165) is 12.1 Å². The summed E-state index contributed by atoms with van der Waals surface area (Å²) in [7, 11) is 1.26. The summed E-state index contributed by atoms with van der Waals surface area (Å²) in [6, 6.07) is 3.63. The molecule has 3 N–H and O–H groups in total. The highest BCUT2D eigenvalue weighted by molar-refractivity contribution is 5.99. The van der Waals surface area contributed by atoms with Crippen molar-refractivity contribution >= 4 is 23.5 Å². The van der Waals surface area contributed by atoms with Gasteiger partial charge in [0.1, 0.15) is 11.6 Å². The second-order valence-electron chi connectivity index (χ2n) is 11.1. The Morgan fingerprint density at radius 2 is 1.63 bits per heavy atom. The molecule has 5 rings (SSSR count). The number of carbonyl (C=O) groups excluding carboxylic acids is 2. The first kappa shape index (κ1) is 30.3. The van der Waals surface area contributed by atoms with Crippen LogP contribution in [0.5, 0.6) is 11.5 Å². The molecule has 230 valence electrons. The summed E-state index contributed by atoms with van der Waals surface area (Å²) in [5.74, 6) is -6.61. The molecule has 0 unspecified atom stereocenters. The lowest BCUT2D eigenvalue weighted by molar-refractivity contribution is -0.143. The largest absolute Gasteiger partial charge is 0.496 e. The SMILES string of the molecule is COc1cc(F)c(OC2CCC(C(=O)O)CC2)cc1C(=O)N[C@@H]1[C@H](C(=O)Nc2ccc(F)c(C(F)(F)F)c2)[C@H]2C=C[C@@H]1C2. The Bertz CT molecular complexity index is 1450. The van der Waals surface area contributed by atoms with Crippen molar-refractivity contribution in [3.05, 3.63) is 65.2 Å². The maximum atomic E-state index is 14.9. The third kappa shape index (κ3) is 6.30. The fourth-order valence-corrected chi connectivity index (χ4v) is 6.23. The Hall–Kier alpha value is -4.16. The molecule has 43 heavy (non-hydrogen) atoms. The highest BCUT2D eigenvalue weighted by Gasteiger charge is 2.49. The zero-order valence-electron chi connectivity index (χ0n) is 22.9. The number of nitrogens with one attached hydrogen (secondary N) is 2. The van der Waals surface area contributed by atoms with Gasteiger partial charge in [0.15, 0.2) is 11.6 Å². The molecule has 3 aliphatic carbocycles. The average molecular weight is 609 g/mol. The molecule has 0 heterocycles. The molecule has 2 aromatic carbocycles. The third-order valence-electron chi connectivity index (χ3n) is 8.41. The molecule has 0 radical (unpaired) electrons. The van der Waals surface area contributed by atoms with Crippen molar-refractivity contribution in [3.63, 3.8) is 0 Å². The van der Waals surface area contributed by atoms with Gasteiger partial charge in [-0.1, -0.05) is 12.2 Å². The van der Waals surface area contributed by atoms with Crippen LogP contribution in [0.2, 0.25) is 0 Å². The van der Waals surface area contributed by atoms with E-state index in [9.17, 15) is 41.4 Å². The minimum absolute atomic E-state index is 0.0580. The molecule has 0 aromatic heterocycles. The van der Waals surface area contributed by atoms with E-state index in [1.807, 2.05) is 12.2 Å². The van der Waals surface area contributed by atoms with Crippen molar-refractivity contribution in [2.75, 3.05) is 12.4 Å². The lowest BCUT2D eigenvalue weighted by Gasteiger charge is -2.29. The van der Waals surface area contributed by atoms with Crippen LogP contribution in [-0.4, -0.2) is 42.1 Å². The van der Waals surface area contributed by atoms with Crippen LogP contribution >= 0.6 is 0 Å². The second-order valence-corrected chi connectivity index (χ2v) is 11.1. The zero-order chi connectivity index (χ0) is 31.1. The number of hydrogen-bond donors (Lipinski definition) is 3. The highest BCUT2D eigenvalue weighted by Crippen LogP contribution is 2.45. The number of fused-ring (bicyclic) bond motifs is 2. The maximum Gasteiger partial charge on any atom is 0.419 e. The molecule has 0 saturated heterocycles. The summed E-state index contributed by atoms with van der Waals surface area (Å²) in [5.41, 5.74) is -1.81. The van der Waals surface area contributed by atoms with Gasteiger partial charge in [-0.2, -0.15) is 13.2 Å². The Morgan fingerprint density at radius 1 is 0.930 bits per heavy atom. The number of benzene rings is 2. The van der Waals surface area contributed by atoms with E-state index >= 15 is 0 Å². The van der Waals surface area contributed by atoms with Crippen molar-refractivity contribution in [2.24, 2.45) is 23.7 Å². The van der Waals surface area contributed by atoms with Crippen LogP contribution in [0.25, 0.3) is 0 Å². The molecule has 2 saturated carbocycles. The fraction of sp³-hybridized carbons (Fsp3) is 0.433. The van der Waals surface area contributed by atoms with Crippen LogP contribution in [0.15, 0.2) is 42.5 Å². The number of carbonyl (C=O) groups is 3. The molecular formula is C30H29F5N2O6. The minimum Gasteiger partial charge on any atom is -0.496 e. The Kier molecular flexibility index (Phi) is 8.35. The van der Waals surface area contributed by atoms with Gasteiger partial charge in [0.2, 0.25) is 5.91 Å². The van der Waals surface area contributed by atoms with Gasteiger partial charge in [-0.25, -0.2) is 8.78 Å². The first-order valence-electron chi connectivity index (χ1n) is 13.8. The summed E-state index contributed by atoms with van der Waals surface area (Å²) in [6.07, 6.45) is 0.342. The summed E-state index contributed by atoms with van der Waals surface area (Å²) in [4.78, 5) is 38.0. The minimum atomic E-state index is -4.95. The van der Waals surface area contributed by atoms with Gasteiger partial charge in [-0.3, -0.25) is 14.4 Å². The number of anilines is 1. The molecular weight excluding hydrogens is 579 g/mol. The number of methoxy groups -OCH3 is 1. The molecule has 4 atom stereocenters. The van der Waals surface area contributed by atoms with Crippen molar-refractivity contribution in [1.82, 2.24) is 5.32 Å². The quantitative estimate of drug-likeness (QED) is 0.267. The summed E-state index contributed by atoms with van der Waals surface area (Å²) < 4.78 is 79.2. The molecule has 3 aliphatic rings. The number of rotatable bonds is 8. The molecule has 8 nitrogen and oxygen atoms in total. The predicted molar refractivity (Wildman–Crippen MR) is 142 cm³/mol. The van der Waals surface area contributed by atoms with Gasteiger partial charge in [0, 0.05) is 17.8 Å². The van der Waals surface area contributed by atoms with Gasteiger partial charge in [-0.15, -0.1) is 0 Å². The van der Waals surface area contributed by atoms with Crippen molar-refractivity contribution in [1.29, 1.82) is 0 Å². The monoisotopic (exact) mass is 608 g/mol. The lowest BCUT2D eigenvalue weighted by atomic mass is 9.87. The number of halogens is 5. The Balaban J connectivity index is 1.32. The van der Waals surface area contributed by atoms with Gasteiger partial charge >= 0.3 is 12.1 Å². The van der Waals surface area contributed by atoms with Crippen LogP contribution in [0.1, 0.15) is 48.0 Å². The smallest absolute Gasteiger partial charge is 0.419 e. The first-order chi connectivity index (χ1) is 20.3. The number of allylic oxidation sites excluding steroid dienone is 1. The summed E-state index contributed by atoms with van der Waals surface area (Å²) >= 11 is 0. The van der Waals surface area contributed by atoms with Crippen LogP contribution in [-0.2, 0) is 15.8 Å². The molecule has 0 aliphatic heterocycles. The molecule has 2 amide bonds. The van der Waals surface area contributed by atoms with Crippen molar-refractivity contribution in [2.45, 2.75) is 50.4 Å². The number of aliphatic carboxylic acids is 1. The fourth-order valence-electron chi connectivity index (χ4n) is 6.23. The van der Waals surface area contributed by atoms with E-state index in [1.54, 1.807) is 0 Å². The summed E-state index contributed by atoms with van der Waals surface area (Å²) in [6.45, 7) is 0. The normalized spacial score (nSPS) is 26.2. The third-order valence-corrected chi connectivity index (χ3v) is 8.41. The molecule has 2 bridgehead atoms. The first-order valence-corrected chi connectivity index (χ1v) is 13.8. The predicted octanol–water partition coefficient (Wildman–Crippen LogP) is 5.57. The molecule has 0 spiro atoms. The van der Waals surface area contributed by atoms with E-state index < -0.39 is 65.1 Å². The van der Waals surface area contributed by atoms with E-state index in [4.69, 9.17) is 9.47 Å². The number of hydrogen-bond acceptors (Lipinski definition) is 5. The standard InChI is InChI=1S/C30H29F5N2O6/c1-42-23-13-22(32)24(43-18-7-4-14(5-8-18)29(40)41)12-19(23)27(38)37-26-16-3-2-15(10-16)25(26)28(39)36-17-6-9-21(31)20(11-17)30(33,34)35/h2-3,6,9,11-16,18,25-26H,4-5,7-8,10H2,1H3,(H,36,39)(H,37,38)(H,40,41)/t14?,15-,16+,18?,25+,26-/m0/s1. The number of carboxylic acids is 1. The highest BCUT2D eigenvalue weighted by atomic mass is 19.4. The maximum absolute atomic E-state index is 14.9. The topological polar surface area (TPSA) is 114 Å². The van der Waals surface area contributed by atoms with Crippen LogP contribution in [0.4, 0.5) is 27.6 Å². The number of ether oxygens (including phenoxy) is 2. The average Bonchev–Trinajstić information content (AvgIpc) is 3.56. The van der Waals surface area contributed by atoms with E-state index in [2.05, 4.69) is 10.6 Å². The lowest BCUT2D eigenvalue weighted by Crippen LogP contribution is -2.47. The van der Waals surface area contributed by atoms with Gasteiger partial charge in [-0.05, 0) is 68.2 Å². The molecule has 13 heteroatoms. The Morgan fingerprint density at radius 3 is 2.28 bits per heavy atom. The van der Waals surface area contributed by atoms with E-state index in [0.29, 0.717) is 44.2 Å².